The molecule has 0 aliphatic carbocycles. The second kappa shape index (κ2) is 3.71. The Morgan fingerprint density at radius 2 is 1.50 bits per heavy atom. The van der Waals surface area contributed by atoms with Gasteiger partial charge in [0.2, 0.25) is 5.67 Å². The van der Waals surface area contributed by atoms with Gasteiger partial charge in [-0.05, 0) is 0 Å². The maximum absolute atomic E-state index is 13.2. The first-order chi connectivity index (χ1) is 7.02. The number of hydrogen-bond acceptors (Lipinski definition) is 1. The van der Waals surface area contributed by atoms with Gasteiger partial charge in [0.25, 0.3) is 6.43 Å². The Bertz CT molecular complexity index is 258. The molecular formula is C7H6F8O. The molecule has 0 radical (unpaired) electrons. The van der Waals surface area contributed by atoms with Crippen LogP contribution < -0.4 is 0 Å². The van der Waals surface area contributed by atoms with Crippen LogP contribution in [0, 0.1) is 0 Å². The summed E-state index contributed by atoms with van der Waals surface area (Å²) in [5, 5.41) is 0. The molecule has 1 saturated heterocycles. The molecule has 9 heteroatoms. The molecule has 0 aromatic rings. The lowest BCUT2D eigenvalue weighted by atomic mass is 9.92. The fraction of sp³-hybridized carbons (Fsp3) is 1.00. The summed E-state index contributed by atoms with van der Waals surface area (Å²) in [4.78, 5) is 0. The molecule has 0 amide bonds. The van der Waals surface area contributed by atoms with Crippen molar-refractivity contribution in [3.8, 4) is 0 Å². The maximum atomic E-state index is 13.2. The third-order valence-corrected chi connectivity index (χ3v) is 2.15. The smallest absolute Gasteiger partial charge is 0.373 e. The van der Waals surface area contributed by atoms with E-state index in [0.717, 1.165) is 0 Å². The van der Waals surface area contributed by atoms with Crippen LogP contribution in [0.3, 0.4) is 0 Å². The Hall–Kier alpha value is -0.600. The van der Waals surface area contributed by atoms with Crippen LogP contribution in [-0.4, -0.2) is 36.9 Å². The zero-order valence-corrected chi connectivity index (χ0v) is 7.50. The molecule has 2 atom stereocenters. The fourth-order valence-electron chi connectivity index (χ4n) is 1.11. The van der Waals surface area contributed by atoms with Crippen molar-refractivity contribution >= 4 is 0 Å². The number of rotatable bonds is 4. The van der Waals surface area contributed by atoms with Crippen molar-refractivity contribution in [2.24, 2.45) is 0 Å². The molecule has 2 unspecified atom stereocenters. The number of alkyl halides is 8. The van der Waals surface area contributed by atoms with Gasteiger partial charge in [-0.2, -0.15) is 22.0 Å². The average Bonchev–Trinajstić information content (AvgIpc) is 2.85. The van der Waals surface area contributed by atoms with Crippen molar-refractivity contribution in [2.75, 3.05) is 6.61 Å². The molecule has 1 heterocycles. The number of halogens is 8. The number of ether oxygens (including phenoxy) is 1. The first kappa shape index (κ1) is 13.5. The van der Waals surface area contributed by atoms with Gasteiger partial charge in [-0.15, -0.1) is 0 Å². The van der Waals surface area contributed by atoms with Crippen LogP contribution >= 0.6 is 0 Å². The Balaban J connectivity index is 2.99. The standard InChI is InChI=1S/C7H6F8O/c8-4(9)5(10,1-3-2-16-3)6(11,12)7(13,14)15/h3-4H,1-2H2. The summed E-state index contributed by atoms with van der Waals surface area (Å²) in [5.41, 5.74) is -4.95. The van der Waals surface area contributed by atoms with Crippen LogP contribution in [0.1, 0.15) is 6.42 Å². The SMILES string of the molecule is FC(F)C(F)(CC1CO1)C(F)(F)C(F)(F)F. The highest BCUT2D eigenvalue weighted by Gasteiger charge is 2.75. The lowest BCUT2D eigenvalue weighted by Crippen LogP contribution is -2.59. The molecule has 0 spiro atoms. The van der Waals surface area contributed by atoms with Gasteiger partial charge in [0, 0.05) is 6.42 Å². The first-order valence-electron chi connectivity index (χ1n) is 4.05. The van der Waals surface area contributed by atoms with Gasteiger partial charge in [0.1, 0.15) is 0 Å². The third kappa shape index (κ3) is 2.09. The largest absolute Gasteiger partial charge is 0.457 e. The van der Waals surface area contributed by atoms with Gasteiger partial charge in [0.15, 0.2) is 0 Å². The quantitative estimate of drug-likeness (QED) is 0.558. The van der Waals surface area contributed by atoms with E-state index in [4.69, 9.17) is 0 Å². The van der Waals surface area contributed by atoms with Crippen LogP contribution in [-0.2, 0) is 4.74 Å². The van der Waals surface area contributed by atoms with Gasteiger partial charge in [-0.1, -0.05) is 0 Å². The van der Waals surface area contributed by atoms with Gasteiger partial charge in [-0.3, -0.25) is 0 Å². The summed E-state index contributed by atoms with van der Waals surface area (Å²) in [7, 11) is 0. The minimum Gasteiger partial charge on any atom is -0.373 e. The molecule has 1 fully saturated rings. The van der Waals surface area contributed by atoms with E-state index < -0.39 is 36.7 Å². The fourth-order valence-corrected chi connectivity index (χ4v) is 1.11. The van der Waals surface area contributed by atoms with Crippen LogP contribution in [0.4, 0.5) is 35.1 Å². The highest BCUT2D eigenvalue weighted by Crippen LogP contribution is 2.51. The van der Waals surface area contributed by atoms with E-state index in [1.54, 1.807) is 0 Å². The predicted molar refractivity (Wildman–Crippen MR) is 35.2 cm³/mol. The molecule has 1 aliphatic heterocycles. The normalized spacial score (nSPS) is 25.7. The van der Waals surface area contributed by atoms with Crippen molar-refractivity contribution in [3.05, 3.63) is 0 Å². The van der Waals surface area contributed by atoms with Gasteiger partial charge >= 0.3 is 12.1 Å². The molecule has 0 saturated carbocycles. The van der Waals surface area contributed by atoms with Crippen molar-refractivity contribution in [1.82, 2.24) is 0 Å². The molecule has 16 heavy (non-hydrogen) atoms. The maximum Gasteiger partial charge on any atom is 0.457 e. The monoisotopic (exact) mass is 258 g/mol. The van der Waals surface area contributed by atoms with Crippen molar-refractivity contribution < 1.29 is 39.9 Å². The van der Waals surface area contributed by atoms with Crippen LogP contribution in [0.5, 0.6) is 0 Å². The summed E-state index contributed by atoms with van der Waals surface area (Å²) in [6, 6.07) is 0. The van der Waals surface area contributed by atoms with E-state index in [1.807, 2.05) is 0 Å². The Morgan fingerprint density at radius 3 is 1.75 bits per heavy atom. The van der Waals surface area contributed by atoms with E-state index in [2.05, 4.69) is 4.74 Å². The van der Waals surface area contributed by atoms with Gasteiger partial charge in [-0.25, -0.2) is 13.2 Å². The molecule has 1 aliphatic rings. The summed E-state index contributed by atoms with van der Waals surface area (Å²) in [5.74, 6) is -6.11. The van der Waals surface area contributed by atoms with E-state index in [9.17, 15) is 35.1 Å². The molecule has 0 aromatic heterocycles. The zero-order valence-electron chi connectivity index (χ0n) is 7.50. The summed E-state index contributed by atoms with van der Waals surface area (Å²) in [6.07, 6.45) is -13.8. The van der Waals surface area contributed by atoms with Gasteiger partial charge < -0.3 is 4.74 Å². The topological polar surface area (TPSA) is 12.5 Å². The second-order valence-corrected chi connectivity index (χ2v) is 3.39. The summed E-state index contributed by atoms with van der Waals surface area (Å²) >= 11 is 0. The van der Waals surface area contributed by atoms with Crippen LogP contribution in [0.15, 0.2) is 0 Å². The molecular weight excluding hydrogens is 252 g/mol. The average molecular weight is 258 g/mol. The van der Waals surface area contributed by atoms with Gasteiger partial charge in [0.05, 0.1) is 12.7 Å². The van der Waals surface area contributed by atoms with Crippen molar-refractivity contribution in [1.29, 1.82) is 0 Å². The Morgan fingerprint density at radius 1 is 1.06 bits per heavy atom. The molecule has 1 nitrogen and oxygen atoms in total. The van der Waals surface area contributed by atoms with Crippen molar-refractivity contribution in [2.45, 2.75) is 36.7 Å². The first-order valence-corrected chi connectivity index (χ1v) is 4.05. The van der Waals surface area contributed by atoms with E-state index in [1.165, 1.54) is 0 Å². The zero-order chi connectivity index (χ0) is 12.8. The number of epoxide rings is 1. The lowest BCUT2D eigenvalue weighted by Gasteiger charge is -2.33. The summed E-state index contributed by atoms with van der Waals surface area (Å²) in [6.45, 7) is -0.299. The minimum absolute atomic E-state index is 0.299. The minimum atomic E-state index is -6.37. The highest BCUT2D eigenvalue weighted by molar-refractivity contribution is 5.03. The number of hydrogen-bond donors (Lipinski definition) is 0. The lowest BCUT2D eigenvalue weighted by molar-refractivity contribution is -0.346. The van der Waals surface area contributed by atoms with Crippen molar-refractivity contribution in [3.63, 3.8) is 0 Å². The van der Waals surface area contributed by atoms with Crippen LogP contribution in [0.2, 0.25) is 0 Å². The highest BCUT2D eigenvalue weighted by atomic mass is 19.4. The molecule has 0 bridgehead atoms. The Kier molecular flexibility index (Phi) is 3.12. The summed E-state index contributed by atoms with van der Waals surface area (Å²) < 4.78 is 102. The van der Waals surface area contributed by atoms with E-state index in [0.29, 0.717) is 0 Å². The van der Waals surface area contributed by atoms with Crippen LogP contribution in [0.25, 0.3) is 0 Å². The van der Waals surface area contributed by atoms with E-state index >= 15 is 0 Å². The molecule has 96 valence electrons. The predicted octanol–water partition coefficient (Wildman–Crippen LogP) is 2.95. The third-order valence-electron chi connectivity index (χ3n) is 2.15. The molecule has 1 rings (SSSR count). The second-order valence-electron chi connectivity index (χ2n) is 3.39. The molecule has 0 aromatic carbocycles. The molecule has 0 N–H and O–H groups in total. The van der Waals surface area contributed by atoms with E-state index in [-0.39, 0.29) is 6.61 Å². The Labute approximate surface area is 84.4 Å².